The zero-order valence-corrected chi connectivity index (χ0v) is 15.9. The third kappa shape index (κ3) is 3.39. The normalized spacial score (nSPS) is 14.2. The lowest BCUT2D eigenvalue weighted by Gasteiger charge is -1.99. The second kappa shape index (κ2) is 6.72. The number of aryl methyl sites for hydroxylation is 4. The summed E-state index contributed by atoms with van der Waals surface area (Å²) in [5.74, 6) is 1.39. The fraction of sp³-hybridized carbons (Fsp3) is 0.389. The summed E-state index contributed by atoms with van der Waals surface area (Å²) in [6.45, 7) is 3.74. The Hall–Kier alpha value is -1.99. The number of aromatic nitrogens is 2. The van der Waals surface area contributed by atoms with Gasteiger partial charge in [-0.05, 0) is 51.7 Å². The van der Waals surface area contributed by atoms with Gasteiger partial charge in [-0.3, -0.25) is 10.1 Å². The van der Waals surface area contributed by atoms with Gasteiger partial charge in [-0.2, -0.15) is 0 Å². The van der Waals surface area contributed by atoms with Gasteiger partial charge in [-0.15, -0.1) is 22.7 Å². The van der Waals surface area contributed by atoms with Gasteiger partial charge in [0.15, 0.2) is 15.9 Å². The minimum atomic E-state index is -0.145. The van der Waals surface area contributed by atoms with Gasteiger partial charge >= 0.3 is 0 Å². The van der Waals surface area contributed by atoms with Crippen molar-refractivity contribution < 1.29 is 9.21 Å². The number of rotatable bonds is 3. The Morgan fingerprint density at radius 3 is 2.76 bits per heavy atom. The Balaban J connectivity index is 1.54. The highest BCUT2D eigenvalue weighted by Crippen LogP contribution is 2.32. The highest BCUT2D eigenvalue weighted by Gasteiger charge is 2.20. The van der Waals surface area contributed by atoms with E-state index in [4.69, 9.17) is 4.42 Å². The lowest BCUT2D eigenvalue weighted by atomic mass is 10.2. The van der Waals surface area contributed by atoms with Gasteiger partial charge in [0.25, 0.3) is 5.91 Å². The maximum atomic E-state index is 12.7. The average molecular weight is 374 g/mol. The Labute approximate surface area is 154 Å². The number of anilines is 1. The van der Waals surface area contributed by atoms with E-state index >= 15 is 0 Å². The number of hydrogen-bond acceptors (Lipinski definition) is 6. The molecule has 0 radical (unpaired) electrons. The summed E-state index contributed by atoms with van der Waals surface area (Å²) < 4.78 is 5.61. The molecular formula is C18H19N3O2S2. The first kappa shape index (κ1) is 16.5. The van der Waals surface area contributed by atoms with Crippen LogP contribution in [0.5, 0.6) is 0 Å². The summed E-state index contributed by atoms with van der Waals surface area (Å²) >= 11 is 2.96. The summed E-state index contributed by atoms with van der Waals surface area (Å²) in [6.07, 6.45) is 5.75. The van der Waals surface area contributed by atoms with E-state index in [1.807, 2.05) is 26.0 Å². The Kier molecular flexibility index (Phi) is 4.43. The fourth-order valence-electron chi connectivity index (χ4n) is 3.00. The van der Waals surface area contributed by atoms with Crippen LogP contribution in [-0.2, 0) is 12.8 Å². The molecule has 3 aromatic rings. The van der Waals surface area contributed by atoms with Gasteiger partial charge in [-0.1, -0.05) is 6.42 Å². The van der Waals surface area contributed by atoms with Crippen LogP contribution in [0.4, 0.5) is 5.13 Å². The van der Waals surface area contributed by atoms with Gasteiger partial charge in [0, 0.05) is 4.88 Å². The first-order valence-electron chi connectivity index (χ1n) is 8.44. The van der Waals surface area contributed by atoms with Crippen molar-refractivity contribution in [2.24, 2.45) is 0 Å². The maximum absolute atomic E-state index is 12.7. The number of fused-ring (bicyclic) bond motifs is 1. The van der Waals surface area contributed by atoms with Crippen molar-refractivity contribution in [1.29, 1.82) is 0 Å². The van der Waals surface area contributed by atoms with E-state index in [1.165, 1.54) is 35.5 Å². The highest BCUT2D eigenvalue weighted by atomic mass is 32.1. The van der Waals surface area contributed by atoms with Crippen LogP contribution in [0, 0.1) is 13.8 Å². The molecule has 1 amide bonds. The Morgan fingerprint density at radius 2 is 1.96 bits per heavy atom. The van der Waals surface area contributed by atoms with E-state index in [1.54, 1.807) is 11.3 Å². The molecule has 0 aromatic carbocycles. The summed E-state index contributed by atoms with van der Waals surface area (Å²) in [6, 6.07) is 3.78. The molecule has 7 heteroatoms. The minimum absolute atomic E-state index is 0.145. The van der Waals surface area contributed by atoms with Crippen LogP contribution in [0.1, 0.15) is 51.0 Å². The molecule has 1 N–H and O–H groups in total. The van der Waals surface area contributed by atoms with Gasteiger partial charge in [0.05, 0.1) is 11.4 Å². The van der Waals surface area contributed by atoms with Gasteiger partial charge in [0.1, 0.15) is 10.6 Å². The van der Waals surface area contributed by atoms with Crippen molar-refractivity contribution in [3.05, 3.63) is 39.0 Å². The summed E-state index contributed by atoms with van der Waals surface area (Å²) in [7, 11) is 0. The monoisotopic (exact) mass is 373 g/mol. The second-order valence-corrected chi connectivity index (χ2v) is 8.33. The van der Waals surface area contributed by atoms with Crippen molar-refractivity contribution in [2.75, 3.05) is 5.32 Å². The van der Waals surface area contributed by atoms with E-state index in [9.17, 15) is 4.79 Å². The largest absolute Gasteiger partial charge is 0.459 e. The predicted octanol–water partition coefficient (Wildman–Crippen LogP) is 5.00. The molecule has 0 saturated carbocycles. The van der Waals surface area contributed by atoms with Gasteiger partial charge in [0.2, 0.25) is 0 Å². The third-order valence-electron chi connectivity index (χ3n) is 4.27. The molecule has 1 aliphatic carbocycles. The number of thiazole rings is 2. The minimum Gasteiger partial charge on any atom is -0.459 e. The summed E-state index contributed by atoms with van der Waals surface area (Å²) in [5, 5.41) is 4.38. The molecule has 130 valence electrons. The lowest BCUT2D eigenvalue weighted by molar-refractivity contribution is 0.103. The molecule has 5 nitrogen and oxygen atoms in total. The van der Waals surface area contributed by atoms with Crippen molar-refractivity contribution >= 4 is 33.7 Å². The van der Waals surface area contributed by atoms with Crippen LogP contribution in [0.2, 0.25) is 0 Å². The fourth-order valence-corrected chi connectivity index (χ4v) is 4.97. The topological polar surface area (TPSA) is 68.0 Å². The van der Waals surface area contributed by atoms with Crippen molar-refractivity contribution in [3.8, 4) is 10.8 Å². The van der Waals surface area contributed by atoms with E-state index in [-0.39, 0.29) is 5.91 Å². The summed E-state index contributed by atoms with van der Waals surface area (Å²) in [4.78, 5) is 23.7. The number of carbonyl (C=O) groups excluding carboxylic acids is 1. The Morgan fingerprint density at radius 1 is 1.12 bits per heavy atom. The van der Waals surface area contributed by atoms with Gasteiger partial charge < -0.3 is 4.42 Å². The number of nitrogens with one attached hydrogen (secondary N) is 1. The number of hydrogen-bond donors (Lipinski definition) is 1. The van der Waals surface area contributed by atoms with E-state index < -0.39 is 0 Å². The first-order valence-corrected chi connectivity index (χ1v) is 10.1. The van der Waals surface area contributed by atoms with E-state index in [2.05, 4.69) is 15.3 Å². The quantitative estimate of drug-likeness (QED) is 0.656. The smallest absolute Gasteiger partial charge is 0.269 e. The zero-order valence-electron chi connectivity index (χ0n) is 14.2. The molecule has 0 bridgehead atoms. The molecular weight excluding hydrogens is 354 g/mol. The highest BCUT2D eigenvalue weighted by molar-refractivity contribution is 7.17. The van der Waals surface area contributed by atoms with Crippen LogP contribution in [-0.4, -0.2) is 15.9 Å². The maximum Gasteiger partial charge on any atom is 0.269 e. The molecule has 1 aliphatic rings. The SMILES string of the molecule is Cc1ccc(-c2nc(C)c(C(=O)Nc3nc4c(s3)CCCCC4)s2)o1. The molecule has 3 heterocycles. The van der Waals surface area contributed by atoms with Crippen molar-refractivity contribution in [3.63, 3.8) is 0 Å². The third-order valence-corrected chi connectivity index (χ3v) is 6.51. The number of furan rings is 1. The van der Waals surface area contributed by atoms with Gasteiger partial charge in [-0.25, -0.2) is 9.97 Å². The first-order chi connectivity index (χ1) is 12.1. The molecule has 0 spiro atoms. The van der Waals surface area contributed by atoms with Crippen LogP contribution in [0.25, 0.3) is 10.8 Å². The van der Waals surface area contributed by atoms with E-state index in [0.29, 0.717) is 21.5 Å². The average Bonchev–Trinajstić information content (AvgIpc) is 3.23. The molecule has 0 fully saturated rings. The standard InChI is InChI=1S/C18H19N3O2S2/c1-10-8-9-13(23-10)17-19-11(2)15(25-17)16(22)21-18-20-12-6-4-3-5-7-14(12)24-18/h8-9H,3-7H2,1-2H3,(H,20,21,22). The molecule has 0 aliphatic heterocycles. The number of carbonyl (C=O) groups is 1. The number of amides is 1. The van der Waals surface area contributed by atoms with Crippen LogP contribution >= 0.6 is 22.7 Å². The number of nitrogens with zero attached hydrogens (tertiary/aromatic N) is 2. The molecule has 3 aromatic heterocycles. The zero-order chi connectivity index (χ0) is 17.4. The van der Waals surface area contributed by atoms with E-state index in [0.717, 1.165) is 29.3 Å². The molecule has 0 unspecified atom stereocenters. The van der Waals surface area contributed by atoms with Crippen LogP contribution < -0.4 is 5.32 Å². The second-order valence-electron chi connectivity index (χ2n) is 6.25. The van der Waals surface area contributed by atoms with Crippen LogP contribution in [0.15, 0.2) is 16.5 Å². The van der Waals surface area contributed by atoms with Crippen molar-refractivity contribution in [2.45, 2.75) is 46.0 Å². The summed E-state index contributed by atoms with van der Waals surface area (Å²) in [5.41, 5.74) is 1.87. The molecule has 4 rings (SSSR count). The molecule has 25 heavy (non-hydrogen) atoms. The van der Waals surface area contributed by atoms with Crippen molar-refractivity contribution in [1.82, 2.24) is 9.97 Å². The Bertz CT molecular complexity index is 899. The predicted molar refractivity (Wildman–Crippen MR) is 101 cm³/mol. The molecule has 0 saturated heterocycles. The van der Waals surface area contributed by atoms with Crippen LogP contribution in [0.3, 0.4) is 0 Å². The molecule has 0 atom stereocenters. The lowest BCUT2D eigenvalue weighted by Crippen LogP contribution is -2.11.